The topological polar surface area (TPSA) is 68.0 Å². The predicted octanol–water partition coefficient (Wildman–Crippen LogP) is 2.58. The fraction of sp³-hybridized carbons (Fsp3) is 0. The molecule has 3 rings (SSSR count). The Balaban J connectivity index is 0.000000146. The Hall–Kier alpha value is -1.79. The van der Waals surface area contributed by atoms with Crippen molar-refractivity contribution < 1.29 is 0 Å². The lowest BCUT2D eigenvalue weighted by atomic mass is 10.4. The molecule has 19 heavy (non-hydrogen) atoms. The third kappa shape index (κ3) is 3.59. The molecule has 0 aliphatic carbocycles. The number of rotatable bonds is 1. The molecular formula is C13H10BrN3OS. The van der Waals surface area contributed by atoms with Crippen LogP contribution in [-0.2, 0) is 0 Å². The number of fused-ring (bicyclic) bond motifs is 1. The third-order valence-electron chi connectivity index (χ3n) is 2.37. The number of pyridine rings is 1. The van der Waals surface area contributed by atoms with Crippen molar-refractivity contribution in [2.24, 2.45) is 5.73 Å². The second-order valence-electron chi connectivity index (χ2n) is 3.71. The van der Waals surface area contributed by atoms with Crippen LogP contribution in [0.15, 0.2) is 52.0 Å². The summed E-state index contributed by atoms with van der Waals surface area (Å²) in [5.41, 5.74) is 6.26. The molecule has 0 fully saturated rings. The molecule has 2 aromatic carbocycles. The maximum absolute atomic E-state index is 10.5. The first-order chi connectivity index (χ1) is 9.09. The van der Waals surface area contributed by atoms with Gasteiger partial charge in [-0.3, -0.25) is 4.79 Å². The standard InChI is InChI=1S/C7H4O.C6H6BrN3S/c8-7-5-3-1-2-4-6(5)7;7-5-4(10-6(8)11)2-1-3-9-5/h1-4H;1-3H,(H3,8,10,11). The van der Waals surface area contributed by atoms with Crippen molar-refractivity contribution in [2.75, 3.05) is 5.32 Å². The van der Waals surface area contributed by atoms with Crippen molar-refractivity contribution in [1.29, 1.82) is 0 Å². The monoisotopic (exact) mass is 335 g/mol. The van der Waals surface area contributed by atoms with Gasteiger partial charge in [0.1, 0.15) is 4.60 Å². The van der Waals surface area contributed by atoms with Crippen LogP contribution in [0.5, 0.6) is 0 Å². The summed E-state index contributed by atoms with van der Waals surface area (Å²) in [6.07, 6.45) is 1.68. The minimum absolute atomic E-state index is 0.218. The maximum Gasteiger partial charge on any atom is 0.194 e. The molecule has 3 N–H and O–H groups in total. The van der Waals surface area contributed by atoms with Crippen LogP contribution >= 0.6 is 28.1 Å². The Morgan fingerprint density at radius 2 is 1.84 bits per heavy atom. The number of halogens is 1. The van der Waals surface area contributed by atoms with E-state index in [1.807, 2.05) is 30.3 Å². The summed E-state index contributed by atoms with van der Waals surface area (Å²) in [5, 5.41) is 4.80. The van der Waals surface area contributed by atoms with Crippen molar-refractivity contribution >= 4 is 49.7 Å². The lowest BCUT2D eigenvalue weighted by molar-refractivity contribution is 1.28. The molecule has 0 aliphatic rings. The number of nitrogens with zero attached hydrogens (tertiary/aromatic N) is 1. The second kappa shape index (κ2) is 5.90. The van der Waals surface area contributed by atoms with Gasteiger partial charge in [-0.1, -0.05) is 24.3 Å². The van der Waals surface area contributed by atoms with Gasteiger partial charge in [-0.25, -0.2) is 4.98 Å². The Kier molecular flexibility index (Phi) is 4.24. The van der Waals surface area contributed by atoms with Gasteiger partial charge in [0.2, 0.25) is 0 Å². The van der Waals surface area contributed by atoms with Gasteiger partial charge in [-0.15, -0.1) is 0 Å². The van der Waals surface area contributed by atoms with E-state index in [1.54, 1.807) is 12.3 Å². The molecule has 0 radical (unpaired) electrons. The largest absolute Gasteiger partial charge is 0.376 e. The number of nitrogens with one attached hydrogen (secondary N) is 1. The van der Waals surface area contributed by atoms with E-state index in [-0.39, 0.29) is 10.5 Å². The van der Waals surface area contributed by atoms with Crippen LogP contribution in [0.2, 0.25) is 0 Å². The van der Waals surface area contributed by atoms with Gasteiger partial charge >= 0.3 is 0 Å². The maximum atomic E-state index is 10.5. The van der Waals surface area contributed by atoms with E-state index in [2.05, 4.69) is 38.4 Å². The van der Waals surface area contributed by atoms with Crippen LogP contribution in [0.4, 0.5) is 5.69 Å². The number of hydrogen-bond acceptors (Lipinski definition) is 3. The van der Waals surface area contributed by atoms with Crippen LogP contribution in [-0.4, -0.2) is 10.1 Å². The van der Waals surface area contributed by atoms with Crippen LogP contribution in [0.25, 0.3) is 10.8 Å². The van der Waals surface area contributed by atoms with E-state index in [9.17, 15) is 4.79 Å². The summed E-state index contributed by atoms with van der Waals surface area (Å²) in [7, 11) is 0. The molecular weight excluding hydrogens is 326 g/mol. The fourth-order valence-corrected chi connectivity index (χ4v) is 1.90. The van der Waals surface area contributed by atoms with Gasteiger partial charge < -0.3 is 11.1 Å². The van der Waals surface area contributed by atoms with Crippen LogP contribution in [0.3, 0.4) is 0 Å². The van der Waals surface area contributed by atoms with Gasteiger partial charge in [0.15, 0.2) is 10.5 Å². The number of anilines is 1. The molecule has 1 aromatic heterocycles. The zero-order valence-electron chi connectivity index (χ0n) is 9.76. The van der Waals surface area contributed by atoms with E-state index in [4.69, 9.17) is 5.73 Å². The van der Waals surface area contributed by atoms with Gasteiger partial charge in [0.05, 0.1) is 5.69 Å². The fourth-order valence-electron chi connectivity index (χ4n) is 1.44. The second-order valence-corrected chi connectivity index (χ2v) is 4.90. The van der Waals surface area contributed by atoms with Crippen molar-refractivity contribution in [2.45, 2.75) is 0 Å². The quantitative estimate of drug-likeness (QED) is 0.528. The Labute approximate surface area is 123 Å². The normalized spacial score (nSPS) is 9.95. The Bertz CT molecular complexity index is 703. The van der Waals surface area contributed by atoms with Crippen molar-refractivity contribution in [1.82, 2.24) is 4.98 Å². The molecule has 1 heterocycles. The van der Waals surface area contributed by atoms with Gasteiger partial charge in [-0.05, 0) is 40.3 Å². The lowest BCUT2D eigenvalue weighted by Gasteiger charge is -2.03. The van der Waals surface area contributed by atoms with Gasteiger partial charge in [0, 0.05) is 17.0 Å². The average molecular weight is 336 g/mol. The van der Waals surface area contributed by atoms with E-state index in [0.717, 1.165) is 16.5 Å². The Morgan fingerprint density at radius 3 is 2.32 bits per heavy atom. The molecule has 0 bridgehead atoms. The molecule has 0 spiro atoms. The van der Waals surface area contributed by atoms with Crippen molar-refractivity contribution in [3.05, 3.63) is 57.4 Å². The first-order valence-electron chi connectivity index (χ1n) is 5.40. The first-order valence-corrected chi connectivity index (χ1v) is 6.60. The van der Waals surface area contributed by atoms with E-state index >= 15 is 0 Å². The van der Waals surface area contributed by atoms with Crippen molar-refractivity contribution in [3.63, 3.8) is 0 Å². The highest BCUT2D eigenvalue weighted by molar-refractivity contribution is 9.10. The smallest absolute Gasteiger partial charge is 0.194 e. The summed E-state index contributed by atoms with van der Waals surface area (Å²) < 4.78 is 0.702. The molecule has 0 aliphatic heterocycles. The van der Waals surface area contributed by atoms with Crippen LogP contribution in [0, 0.1) is 0 Å². The molecule has 3 aromatic rings. The van der Waals surface area contributed by atoms with Crippen LogP contribution < -0.4 is 16.5 Å². The lowest BCUT2D eigenvalue weighted by Crippen LogP contribution is -2.19. The number of hydrogen-bond donors (Lipinski definition) is 2. The van der Waals surface area contributed by atoms with Gasteiger partial charge in [0.25, 0.3) is 0 Å². The highest BCUT2D eigenvalue weighted by atomic mass is 79.9. The predicted molar refractivity (Wildman–Crippen MR) is 84.9 cm³/mol. The summed E-state index contributed by atoms with van der Waals surface area (Å²) in [6, 6.07) is 11.1. The molecule has 0 atom stereocenters. The SMILES string of the molecule is NC(=S)Nc1cccnc1Br.O=c1c2ccccc12. The van der Waals surface area contributed by atoms with Crippen molar-refractivity contribution in [3.8, 4) is 0 Å². The highest BCUT2D eigenvalue weighted by Gasteiger charge is 2.07. The summed E-state index contributed by atoms with van der Waals surface area (Å²) in [5.74, 6) is 0. The van der Waals surface area contributed by atoms with Gasteiger partial charge in [-0.2, -0.15) is 0 Å². The number of thiocarbonyl (C=S) groups is 1. The number of benzene rings is 1. The van der Waals surface area contributed by atoms with E-state index in [1.165, 1.54) is 0 Å². The Morgan fingerprint density at radius 1 is 1.21 bits per heavy atom. The van der Waals surface area contributed by atoms with Crippen LogP contribution in [0.1, 0.15) is 0 Å². The minimum Gasteiger partial charge on any atom is -0.376 e. The molecule has 0 amide bonds. The summed E-state index contributed by atoms with van der Waals surface area (Å²) >= 11 is 7.89. The van der Waals surface area contributed by atoms with E-state index < -0.39 is 0 Å². The zero-order valence-corrected chi connectivity index (χ0v) is 12.2. The molecule has 4 nitrogen and oxygen atoms in total. The molecule has 6 heteroatoms. The molecule has 96 valence electrons. The number of aromatic nitrogens is 1. The third-order valence-corrected chi connectivity index (χ3v) is 3.10. The summed E-state index contributed by atoms with van der Waals surface area (Å²) in [4.78, 5) is 14.5. The first kappa shape index (κ1) is 13.6. The molecule has 0 saturated heterocycles. The number of nitrogens with two attached hydrogens (primary N) is 1. The zero-order chi connectivity index (χ0) is 13.8. The average Bonchev–Trinajstić information content (AvgIpc) is 3.05. The van der Waals surface area contributed by atoms with E-state index in [0.29, 0.717) is 4.60 Å². The highest BCUT2D eigenvalue weighted by Crippen LogP contribution is 2.17. The molecule has 0 saturated carbocycles. The molecule has 0 unspecified atom stereocenters. The summed E-state index contributed by atoms with van der Waals surface area (Å²) in [6.45, 7) is 0. The minimum atomic E-state index is 0.218.